The van der Waals surface area contributed by atoms with E-state index in [-0.39, 0.29) is 22.7 Å². The zero-order valence-corrected chi connectivity index (χ0v) is 20.5. The summed E-state index contributed by atoms with van der Waals surface area (Å²) >= 11 is 1.13. The molecule has 6 heteroatoms. The van der Waals surface area contributed by atoms with Crippen molar-refractivity contribution in [2.75, 3.05) is 6.54 Å². The fourth-order valence-electron chi connectivity index (χ4n) is 4.11. The largest absolute Gasteiger partial charge is 0.477 e. The third kappa shape index (κ3) is 7.86. The van der Waals surface area contributed by atoms with Gasteiger partial charge in [-0.2, -0.15) is 0 Å². The minimum atomic E-state index is -0.960. The second-order valence-corrected chi connectivity index (χ2v) is 9.92. The predicted octanol–water partition coefficient (Wildman–Crippen LogP) is 5.15. The van der Waals surface area contributed by atoms with Crippen LogP contribution in [0.4, 0.5) is 0 Å². The lowest BCUT2D eigenvalue weighted by Crippen LogP contribution is -2.32. The van der Waals surface area contributed by atoms with Gasteiger partial charge in [0.2, 0.25) is 5.91 Å². The van der Waals surface area contributed by atoms with Crippen molar-refractivity contribution >= 4 is 23.2 Å². The second kappa shape index (κ2) is 13.1. The van der Waals surface area contributed by atoms with Crippen LogP contribution in [0.3, 0.4) is 0 Å². The maximum absolute atomic E-state index is 12.3. The normalized spacial score (nSPS) is 17.5. The van der Waals surface area contributed by atoms with Crippen LogP contribution in [0.1, 0.15) is 65.6 Å². The van der Waals surface area contributed by atoms with Crippen LogP contribution in [0.5, 0.6) is 0 Å². The molecule has 0 aliphatic carbocycles. The molecular weight excluding hydrogens is 446 g/mol. The van der Waals surface area contributed by atoms with Crippen molar-refractivity contribution in [2.45, 2.75) is 64.0 Å². The number of carboxylic acid groups (broad SMARTS) is 1. The van der Waals surface area contributed by atoms with Crippen molar-refractivity contribution in [3.63, 3.8) is 0 Å². The van der Waals surface area contributed by atoms with Crippen LogP contribution in [0.2, 0.25) is 0 Å². The molecule has 1 aliphatic rings. The van der Waals surface area contributed by atoms with E-state index >= 15 is 0 Å². The Hall–Kier alpha value is -2.88. The Morgan fingerprint density at radius 3 is 2.74 bits per heavy atom. The zero-order chi connectivity index (χ0) is 24.3. The van der Waals surface area contributed by atoms with Gasteiger partial charge in [-0.3, -0.25) is 4.79 Å². The van der Waals surface area contributed by atoms with E-state index in [1.54, 1.807) is 11.0 Å². The summed E-state index contributed by atoms with van der Waals surface area (Å²) in [6.07, 6.45) is 9.91. The van der Waals surface area contributed by atoms with Crippen LogP contribution >= 0.6 is 11.3 Å². The highest BCUT2D eigenvalue weighted by Gasteiger charge is 2.28. The van der Waals surface area contributed by atoms with Crippen LogP contribution in [-0.2, 0) is 11.2 Å². The number of carboxylic acids is 1. The standard InChI is InChI=1S/C28H33NO4S/c1-21(9-4-2-5-10-22-11-6-3-7-12-22)25(30)17-14-23-15-19-27(31)29(23)20-8-13-24-16-18-26(34-24)28(32)33/h3,6-7,11-12,14,16-18,21,23,25,30H,2,4-5,9-10,15,19-20H2,1H3,(H,32,33)/t21-,23?,25+/m0/s1. The molecular formula is C28H33NO4S. The smallest absolute Gasteiger partial charge is 0.345 e. The molecule has 0 spiro atoms. The average molecular weight is 480 g/mol. The number of rotatable bonds is 11. The van der Waals surface area contributed by atoms with Gasteiger partial charge in [-0.05, 0) is 49.3 Å². The molecule has 34 heavy (non-hydrogen) atoms. The van der Waals surface area contributed by atoms with Crippen molar-refractivity contribution in [2.24, 2.45) is 5.92 Å². The van der Waals surface area contributed by atoms with Gasteiger partial charge in [0.1, 0.15) is 4.88 Å². The number of aromatic carboxylic acids is 1. The number of hydrogen-bond acceptors (Lipinski definition) is 4. The molecule has 5 nitrogen and oxygen atoms in total. The number of carbonyl (C=O) groups is 2. The molecule has 1 amide bonds. The van der Waals surface area contributed by atoms with E-state index in [1.165, 1.54) is 11.6 Å². The monoisotopic (exact) mass is 479 g/mol. The topological polar surface area (TPSA) is 77.8 Å². The molecule has 2 heterocycles. The van der Waals surface area contributed by atoms with Crippen molar-refractivity contribution in [1.29, 1.82) is 0 Å². The third-order valence-electron chi connectivity index (χ3n) is 6.23. The minimum Gasteiger partial charge on any atom is -0.477 e. The zero-order valence-electron chi connectivity index (χ0n) is 19.7. The summed E-state index contributed by atoms with van der Waals surface area (Å²) in [7, 11) is 0. The Balaban J connectivity index is 1.42. The lowest BCUT2D eigenvalue weighted by atomic mass is 9.95. The van der Waals surface area contributed by atoms with Crippen molar-refractivity contribution in [3.8, 4) is 11.8 Å². The Bertz CT molecular complexity index is 1030. The first-order valence-corrected chi connectivity index (χ1v) is 12.8. The van der Waals surface area contributed by atoms with Crippen molar-refractivity contribution in [1.82, 2.24) is 4.90 Å². The van der Waals surface area contributed by atoms with Gasteiger partial charge in [0.25, 0.3) is 0 Å². The SMILES string of the molecule is C[C@@H](CCCCCc1ccccc1)[C@H](O)C=CC1CCC(=O)N1CC#Cc1ccc(C(=O)O)s1. The van der Waals surface area contributed by atoms with Gasteiger partial charge in [-0.1, -0.05) is 74.1 Å². The molecule has 3 rings (SSSR count). The molecule has 3 atom stereocenters. The number of thiophene rings is 1. The number of aliphatic hydroxyl groups excluding tert-OH is 1. The Labute approximate surface area is 206 Å². The van der Waals surface area contributed by atoms with Crippen molar-refractivity contribution in [3.05, 3.63) is 69.9 Å². The van der Waals surface area contributed by atoms with E-state index in [0.717, 1.165) is 49.9 Å². The van der Waals surface area contributed by atoms with Crippen LogP contribution in [0, 0.1) is 17.8 Å². The highest BCUT2D eigenvalue weighted by Crippen LogP contribution is 2.21. The molecule has 1 aromatic heterocycles. The molecule has 2 aromatic rings. The highest BCUT2D eigenvalue weighted by atomic mass is 32.1. The maximum Gasteiger partial charge on any atom is 0.345 e. The average Bonchev–Trinajstić information content (AvgIpc) is 3.45. The Morgan fingerprint density at radius 1 is 1.21 bits per heavy atom. The van der Waals surface area contributed by atoms with Crippen molar-refractivity contribution < 1.29 is 19.8 Å². The number of benzene rings is 1. The molecule has 1 aromatic carbocycles. The van der Waals surface area contributed by atoms with Crippen LogP contribution in [-0.4, -0.2) is 45.7 Å². The van der Waals surface area contributed by atoms with E-state index in [4.69, 9.17) is 5.11 Å². The number of likely N-dealkylation sites (tertiary alicyclic amines) is 1. The molecule has 0 saturated carbocycles. The summed E-state index contributed by atoms with van der Waals surface area (Å²) in [4.78, 5) is 25.9. The number of aryl methyl sites for hydroxylation is 1. The summed E-state index contributed by atoms with van der Waals surface area (Å²) in [6, 6.07) is 13.7. The van der Waals surface area contributed by atoms with E-state index in [0.29, 0.717) is 17.8 Å². The third-order valence-corrected chi connectivity index (χ3v) is 7.22. The number of aliphatic hydroxyl groups is 1. The number of hydrogen-bond donors (Lipinski definition) is 2. The number of unbranched alkanes of at least 4 members (excludes halogenated alkanes) is 2. The van der Waals surface area contributed by atoms with Gasteiger partial charge >= 0.3 is 5.97 Å². The van der Waals surface area contributed by atoms with Gasteiger partial charge in [0.05, 0.1) is 23.6 Å². The molecule has 0 radical (unpaired) electrons. The lowest BCUT2D eigenvalue weighted by molar-refractivity contribution is -0.127. The van der Waals surface area contributed by atoms with Crippen LogP contribution in [0.25, 0.3) is 0 Å². The first-order valence-electron chi connectivity index (χ1n) is 12.0. The lowest BCUT2D eigenvalue weighted by Gasteiger charge is -2.21. The van der Waals surface area contributed by atoms with Gasteiger partial charge in [0, 0.05) is 6.42 Å². The van der Waals surface area contributed by atoms with E-state index < -0.39 is 12.1 Å². The summed E-state index contributed by atoms with van der Waals surface area (Å²) < 4.78 is 0. The van der Waals surface area contributed by atoms with Gasteiger partial charge in [-0.15, -0.1) is 11.3 Å². The molecule has 1 unspecified atom stereocenters. The Morgan fingerprint density at radius 2 is 2.00 bits per heavy atom. The van der Waals surface area contributed by atoms with E-state index in [2.05, 4.69) is 43.0 Å². The maximum atomic E-state index is 12.3. The van der Waals surface area contributed by atoms with Gasteiger partial charge in [-0.25, -0.2) is 4.79 Å². The first kappa shape index (κ1) is 25.7. The Kier molecular flexibility index (Phi) is 9.93. The highest BCUT2D eigenvalue weighted by molar-refractivity contribution is 7.14. The number of nitrogens with zero attached hydrogens (tertiary/aromatic N) is 1. The number of carbonyl (C=O) groups excluding carboxylic acids is 1. The molecule has 1 fully saturated rings. The van der Waals surface area contributed by atoms with Crippen LogP contribution in [0.15, 0.2) is 54.6 Å². The fourth-order valence-corrected chi connectivity index (χ4v) is 4.83. The summed E-state index contributed by atoms with van der Waals surface area (Å²) in [5, 5.41) is 19.6. The second-order valence-electron chi connectivity index (χ2n) is 8.84. The number of amides is 1. The van der Waals surface area contributed by atoms with Crippen LogP contribution < -0.4 is 0 Å². The molecule has 180 valence electrons. The summed E-state index contributed by atoms with van der Waals surface area (Å²) in [5.41, 5.74) is 1.37. The quantitative estimate of drug-likeness (QED) is 0.266. The fraction of sp³-hybridized carbons (Fsp3) is 0.429. The molecule has 1 saturated heterocycles. The van der Waals surface area contributed by atoms with Gasteiger partial charge in [0.15, 0.2) is 0 Å². The molecule has 2 N–H and O–H groups in total. The summed E-state index contributed by atoms with van der Waals surface area (Å²) in [6.45, 7) is 2.36. The van der Waals surface area contributed by atoms with E-state index in [1.807, 2.05) is 18.2 Å². The summed E-state index contributed by atoms with van der Waals surface area (Å²) in [5.74, 6) is 5.21. The first-order chi connectivity index (χ1) is 16.4. The predicted molar refractivity (Wildman–Crippen MR) is 136 cm³/mol. The minimum absolute atomic E-state index is 0.0577. The van der Waals surface area contributed by atoms with Gasteiger partial charge < -0.3 is 15.1 Å². The molecule has 1 aliphatic heterocycles. The molecule has 0 bridgehead atoms. The van der Waals surface area contributed by atoms with E-state index in [9.17, 15) is 14.7 Å².